The van der Waals surface area contributed by atoms with Crippen molar-refractivity contribution in [2.45, 2.75) is 0 Å². The van der Waals surface area contributed by atoms with Crippen LogP contribution in [-0.2, 0) is 9.59 Å². The molecule has 1 fully saturated rings. The van der Waals surface area contributed by atoms with Gasteiger partial charge in [0.15, 0.2) is 0 Å². The minimum Gasteiger partial charge on any atom is -0.497 e. The zero-order valence-corrected chi connectivity index (χ0v) is 19.1. The van der Waals surface area contributed by atoms with Gasteiger partial charge in [0, 0.05) is 0 Å². The molecule has 2 aromatic carbocycles. The van der Waals surface area contributed by atoms with E-state index in [0.29, 0.717) is 17.0 Å². The van der Waals surface area contributed by atoms with Crippen LogP contribution in [0.3, 0.4) is 0 Å². The van der Waals surface area contributed by atoms with Crippen molar-refractivity contribution in [3.05, 3.63) is 54.7 Å². The van der Waals surface area contributed by atoms with Gasteiger partial charge in [0.25, 0.3) is 11.8 Å². The Morgan fingerprint density at radius 1 is 0.964 bits per heavy atom. The third-order valence-electron chi connectivity index (χ3n) is 3.97. The van der Waals surface area contributed by atoms with Gasteiger partial charge < -0.3 is 9.47 Å². The number of barbiturate groups is 1. The van der Waals surface area contributed by atoms with Crippen molar-refractivity contribution >= 4 is 74.8 Å². The molecule has 0 atom stereocenters. The SMILES string of the molecule is COc1ccc(N2C(=O)NC(=O)/C(=C\c3cc(I)c(OC)c(I)c3)C2=O)cc1. The summed E-state index contributed by atoms with van der Waals surface area (Å²) in [5, 5.41) is 2.21. The van der Waals surface area contributed by atoms with E-state index in [1.807, 2.05) is 0 Å². The van der Waals surface area contributed by atoms with Crippen LogP contribution in [0.15, 0.2) is 42.0 Å². The molecule has 4 amide bonds. The zero-order chi connectivity index (χ0) is 20.4. The van der Waals surface area contributed by atoms with Crippen LogP contribution in [-0.4, -0.2) is 32.1 Å². The smallest absolute Gasteiger partial charge is 0.335 e. The fourth-order valence-corrected chi connectivity index (χ4v) is 4.90. The molecule has 0 saturated carbocycles. The van der Waals surface area contributed by atoms with E-state index >= 15 is 0 Å². The van der Waals surface area contributed by atoms with Crippen LogP contribution in [0.4, 0.5) is 10.5 Å². The number of imide groups is 2. The molecule has 144 valence electrons. The normalized spacial score (nSPS) is 15.6. The molecule has 1 aliphatic heterocycles. The topological polar surface area (TPSA) is 84.9 Å². The minimum atomic E-state index is -0.795. The number of halogens is 2. The minimum absolute atomic E-state index is 0.132. The Kier molecular flexibility index (Phi) is 6.23. The lowest BCUT2D eigenvalue weighted by atomic mass is 10.1. The summed E-state index contributed by atoms with van der Waals surface area (Å²) in [7, 11) is 3.10. The van der Waals surface area contributed by atoms with Crippen LogP contribution in [0.25, 0.3) is 6.08 Å². The summed E-state index contributed by atoms with van der Waals surface area (Å²) in [4.78, 5) is 38.4. The molecule has 0 aliphatic carbocycles. The number of nitrogens with zero attached hydrogens (tertiary/aromatic N) is 1. The van der Waals surface area contributed by atoms with Gasteiger partial charge in [-0.1, -0.05) is 0 Å². The summed E-state index contributed by atoms with van der Waals surface area (Å²) in [6.45, 7) is 0. The van der Waals surface area contributed by atoms with Gasteiger partial charge in [-0.25, -0.2) is 9.69 Å². The van der Waals surface area contributed by atoms with Crippen LogP contribution in [0, 0.1) is 7.14 Å². The van der Waals surface area contributed by atoms with Crippen LogP contribution >= 0.6 is 45.2 Å². The summed E-state index contributed by atoms with van der Waals surface area (Å²) in [6.07, 6.45) is 1.46. The number of rotatable bonds is 4. The average molecular weight is 604 g/mol. The molecule has 7 nitrogen and oxygen atoms in total. The van der Waals surface area contributed by atoms with Gasteiger partial charge in [-0.05, 0) is 93.2 Å². The number of amides is 4. The highest BCUT2D eigenvalue weighted by Crippen LogP contribution is 2.30. The Balaban J connectivity index is 2.01. The maximum atomic E-state index is 12.9. The van der Waals surface area contributed by atoms with E-state index in [1.165, 1.54) is 13.2 Å². The van der Waals surface area contributed by atoms with Crippen molar-refractivity contribution in [2.75, 3.05) is 19.1 Å². The third-order valence-corrected chi connectivity index (χ3v) is 5.57. The van der Waals surface area contributed by atoms with Crippen molar-refractivity contribution in [1.29, 1.82) is 0 Å². The van der Waals surface area contributed by atoms with Gasteiger partial charge in [0.05, 0.1) is 27.0 Å². The molecule has 3 rings (SSSR count). The molecular weight excluding hydrogens is 590 g/mol. The Morgan fingerprint density at radius 3 is 2.11 bits per heavy atom. The maximum absolute atomic E-state index is 12.9. The number of nitrogens with one attached hydrogen (secondary N) is 1. The highest BCUT2D eigenvalue weighted by molar-refractivity contribution is 14.1. The summed E-state index contributed by atoms with van der Waals surface area (Å²) in [5.74, 6) is -0.124. The van der Waals surface area contributed by atoms with Gasteiger partial charge >= 0.3 is 6.03 Å². The van der Waals surface area contributed by atoms with Crippen LogP contribution in [0.1, 0.15) is 5.56 Å². The Bertz CT molecular complexity index is 979. The second kappa shape index (κ2) is 8.47. The largest absolute Gasteiger partial charge is 0.497 e. The predicted molar refractivity (Wildman–Crippen MR) is 120 cm³/mol. The summed E-state index contributed by atoms with van der Waals surface area (Å²) >= 11 is 4.24. The van der Waals surface area contributed by atoms with Crippen LogP contribution < -0.4 is 19.7 Å². The van der Waals surface area contributed by atoms with E-state index in [9.17, 15) is 14.4 Å². The predicted octanol–water partition coefficient (Wildman–Crippen LogP) is 3.58. The highest BCUT2D eigenvalue weighted by atomic mass is 127. The van der Waals surface area contributed by atoms with Crippen molar-refractivity contribution in [2.24, 2.45) is 0 Å². The molecular formula is C19H14I2N2O5. The molecule has 9 heteroatoms. The molecule has 1 heterocycles. The Hall–Kier alpha value is -2.15. The average Bonchev–Trinajstić information content (AvgIpc) is 2.65. The summed E-state index contributed by atoms with van der Waals surface area (Å²) in [6, 6.07) is 9.20. The van der Waals surface area contributed by atoms with Crippen LogP contribution in [0.5, 0.6) is 11.5 Å². The fourth-order valence-electron chi connectivity index (χ4n) is 2.65. The Morgan fingerprint density at radius 2 is 1.57 bits per heavy atom. The number of anilines is 1. The van der Waals surface area contributed by atoms with E-state index in [-0.39, 0.29) is 5.57 Å². The lowest BCUT2D eigenvalue weighted by Gasteiger charge is -2.26. The van der Waals surface area contributed by atoms with E-state index in [1.54, 1.807) is 43.5 Å². The molecule has 28 heavy (non-hydrogen) atoms. The van der Waals surface area contributed by atoms with Gasteiger partial charge in [-0.2, -0.15) is 0 Å². The van der Waals surface area contributed by atoms with Crippen molar-refractivity contribution in [3.8, 4) is 11.5 Å². The molecule has 1 aliphatic rings. The monoisotopic (exact) mass is 604 g/mol. The number of hydrogen-bond donors (Lipinski definition) is 1. The standard InChI is InChI=1S/C19H14I2N2O5/c1-27-12-5-3-11(4-6-12)23-18(25)13(17(24)22-19(23)26)7-10-8-14(20)16(28-2)15(21)9-10/h3-9H,1-2H3,(H,22,24,26)/b13-7+. The third kappa shape index (κ3) is 3.99. The first-order valence-electron chi connectivity index (χ1n) is 7.94. The second-order valence-electron chi connectivity index (χ2n) is 5.67. The van der Waals surface area contributed by atoms with Gasteiger partial charge in [0.1, 0.15) is 17.1 Å². The van der Waals surface area contributed by atoms with E-state index in [4.69, 9.17) is 9.47 Å². The van der Waals surface area contributed by atoms with Gasteiger partial charge in [0.2, 0.25) is 0 Å². The molecule has 0 spiro atoms. The number of carbonyl (C=O) groups is 3. The van der Waals surface area contributed by atoms with Gasteiger partial charge in [-0.15, -0.1) is 0 Å². The molecule has 0 bridgehead atoms. The van der Waals surface area contributed by atoms with Crippen molar-refractivity contribution < 1.29 is 23.9 Å². The number of benzene rings is 2. The molecule has 0 unspecified atom stereocenters. The summed E-state index contributed by atoms with van der Waals surface area (Å²) < 4.78 is 12.1. The van der Waals surface area contributed by atoms with Crippen molar-refractivity contribution in [1.82, 2.24) is 5.32 Å². The molecule has 0 radical (unpaired) electrons. The van der Waals surface area contributed by atoms with Gasteiger partial charge in [-0.3, -0.25) is 14.9 Å². The molecule has 2 aromatic rings. The van der Waals surface area contributed by atoms with E-state index in [2.05, 4.69) is 50.5 Å². The number of hydrogen-bond acceptors (Lipinski definition) is 5. The van der Waals surface area contributed by atoms with Crippen molar-refractivity contribution in [3.63, 3.8) is 0 Å². The molecule has 1 saturated heterocycles. The lowest BCUT2D eigenvalue weighted by Crippen LogP contribution is -2.54. The first kappa shape index (κ1) is 20.6. The van der Waals surface area contributed by atoms with E-state index < -0.39 is 17.8 Å². The number of methoxy groups -OCH3 is 2. The zero-order valence-electron chi connectivity index (χ0n) is 14.8. The molecule has 0 aromatic heterocycles. The van der Waals surface area contributed by atoms with E-state index in [0.717, 1.165) is 17.8 Å². The molecule has 1 N–H and O–H groups in total. The maximum Gasteiger partial charge on any atom is 0.335 e. The first-order chi connectivity index (χ1) is 13.3. The Labute approximate surface area is 188 Å². The quantitative estimate of drug-likeness (QED) is 0.328. The van der Waals surface area contributed by atoms with Crippen LogP contribution in [0.2, 0.25) is 0 Å². The second-order valence-corrected chi connectivity index (χ2v) is 8.00. The first-order valence-corrected chi connectivity index (χ1v) is 10.1. The highest BCUT2D eigenvalue weighted by Gasteiger charge is 2.36. The lowest BCUT2D eigenvalue weighted by molar-refractivity contribution is -0.122. The fraction of sp³-hybridized carbons (Fsp3) is 0.105. The number of ether oxygens (including phenoxy) is 2. The number of carbonyl (C=O) groups excluding carboxylic acids is 3. The number of urea groups is 1. The summed E-state index contributed by atoms with van der Waals surface area (Å²) in [5.41, 5.74) is 0.852.